The third kappa shape index (κ3) is 2.67. The highest BCUT2D eigenvalue weighted by Crippen LogP contribution is 2.79. The molecule has 2 bridgehead atoms. The molecule has 164 valence electrons. The zero-order valence-electron chi connectivity index (χ0n) is 17.4. The second-order valence-electron chi connectivity index (χ2n) is 9.36. The van der Waals surface area contributed by atoms with Gasteiger partial charge in [-0.25, -0.2) is 22.8 Å². The van der Waals surface area contributed by atoms with Gasteiger partial charge in [-0.1, -0.05) is 18.2 Å². The third-order valence-corrected chi connectivity index (χ3v) is 7.66. The Balaban J connectivity index is 1.50. The molecule has 0 aliphatic heterocycles. The van der Waals surface area contributed by atoms with Crippen LogP contribution < -0.4 is 0 Å². The Kier molecular flexibility index (Phi) is 4.31. The Morgan fingerprint density at radius 1 is 1.16 bits per heavy atom. The van der Waals surface area contributed by atoms with Crippen molar-refractivity contribution in [2.75, 3.05) is 0 Å². The number of hydrogen-bond donors (Lipinski definition) is 1. The van der Waals surface area contributed by atoms with Gasteiger partial charge in [-0.15, -0.1) is 0 Å². The molecule has 0 radical (unpaired) electrons. The second-order valence-corrected chi connectivity index (χ2v) is 9.36. The molecule has 1 unspecified atom stereocenters. The molecule has 0 amide bonds. The number of nitrogens with zero attached hydrogens (tertiary/aromatic N) is 4. The Labute approximate surface area is 183 Å². The number of aliphatic hydroxyl groups is 1. The molecule has 0 saturated heterocycles. The summed E-state index contributed by atoms with van der Waals surface area (Å²) >= 11 is 0. The summed E-state index contributed by atoms with van der Waals surface area (Å²) in [5.74, 6) is -1.81. The molecule has 5 nitrogen and oxygen atoms in total. The molecule has 3 aliphatic carbocycles. The summed E-state index contributed by atoms with van der Waals surface area (Å²) in [4.78, 5) is 3.83. The predicted molar refractivity (Wildman–Crippen MR) is 109 cm³/mol. The topological polar surface area (TPSA) is 74.7 Å². The van der Waals surface area contributed by atoms with Crippen LogP contribution in [0, 0.1) is 28.4 Å². The van der Waals surface area contributed by atoms with Crippen molar-refractivity contribution in [2.45, 2.75) is 49.4 Å². The molecule has 2 atom stereocenters. The van der Waals surface area contributed by atoms with Gasteiger partial charge in [-0.2, -0.15) is 10.4 Å². The summed E-state index contributed by atoms with van der Waals surface area (Å²) in [6.07, 6.45) is 4.03. The van der Waals surface area contributed by atoms with Gasteiger partial charge in [0.15, 0.2) is 0 Å². The van der Waals surface area contributed by atoms with Crippen LogP contribution in [0.15, 0.2) is 55.1 Å². The van der Waals surface area contributed by atoms with Crippen LogP contribution in [0.2, 0.25) is 0 Å². The number of rotatable bonds is 6. The van der Waals surface area contributed by atoms with Gasteiger partial charge in [0.1, 0.15) is 35.6 Å². The molecule has 8 heteroatoms. The van der Waals surface area contributed by atoms with Gasteiger partial charge < -0.3 is 5.11 Å². The van der Waals surface area contributed by atoms with Crippen LogP contribution in [0.25, 0.3) is 0 Å². The van der Waals surface area contributed by atoms with Crippen molar-refractivity contribution in [3.63, 3.8) is 0 Å². The first-order chi connectivity index (χ1) is 15.1. The van der Waals surface area contributed by atoms with Crippen LogP contribution in [0.4, 0.5) is 13.2 Å². The van der Waals surface area contributed by atoms with Gasteiger partial charge in [0.25, 0.3) is 0 Å². The lowest BCUT2D eigenvalue weighted by Gasteiger charge is -2.76. The smallest absolute Gasteiger partial charge is 0.148 e. The van der Waals surface area contributed by atoms with E-state index in [2.05, 4.69) is 16.2 Å². The highest BCUT2D eigenvalue weighted by Gasteiger charge is 2.79. The fourth-order valence-corrected chi connectivity index (χ4v) is 5.79. The maximum Gasteiger partial charge on any atom is 0.148 e. The highest BCUT2D eigenvalue weighted by molar-refractivity contribution is 5.45. The zero-order chi connectivity index (χ0) is 22.8. The average Bonchev–Trinajstić information content (AvgIpc) is 3.18. The highest BCUT2D eigenvalue weighted by atomic mass is 19.1. The molecule has 1 N–H and O–H groups in total. The van der Waals surface area contributed by atoms with E-state index in [1.807, 2.05) is 12.1 Å². The maximum absolute atomic E-state index is 16.8. The van der Waals surface area contributed by atoms with Crippen LogP contribution in [0.1, 0.15) is 42.9 Å². The van der Waals surface area contributed by atoms with Crippen molar-refractivity contribution in [3.8, 4) is 6.07 Å². The first-order valence-corrected chi connectivity index (χ1v) is 10.3. The molecule has 2 aromatic carbocycles. The number of nitriles is 1. The Bertz CT molecular complexity index is 1200. The van der Waals surface area contributed by atoms with Crippen molar-refractivity contribution < 1.29 is 18.3 Å². The van der Waals surface area contributed by atoms with E-state index in [1.54, 1.807) is 12.1 Å². The van der Waals surface area contributed by atoms with Crippen LogP contribution in [-0.2, 0) is 17.6 Å². The SMILES string of the molecule is CC(F)(C12CC(c3ccc(C#N)cc3)(C1)C2)[C@](O)(Cn1cncn1)c1ccc(F)cc1F. The minimum absolute atomic E-state index is 0.211. The molecule has 6 rings (SSSR count). The number of alkyl halides is 1. The van der Waals surface area contributed by atoms with Crippen LogP contribution in [-0.4, -0.2) is 25.5 Å². The second kappa shape index (κ2) is 6.66. The van der Waals surface area contributed by atoms with E-state index in [9.17, 15) is 13.9 Å². The molecule has 3 fully saturated rings. The molecule has 1 heterocycles. The number of hydrogen-bond acceptors (Lipinski definition) is 4. The fraction of sp³-hybridized carbons (Fsp3) is 0.375. The number of halogens is 3. The molecule has 3 saturated carbocycles. The average molecular weight is 438 g/mol. The summed E-state index contributed by atoms with van der Waals surface area (Å²) in [5, 5.41) is 24.7. The van der Waals surface area contributed by atoms with Crippen LogP contribution >= 0.6 is 0 Å². The monoisotopic (exact) mass is 438 g/mol. The summed E-state index contributed by atoms with van der Waals surface area (Å²) in [7, 11) is 0. The standard InChI is InChI=1S/C24H21F3N4O/c1-21(27,23-10-22(11-23,12-23)17-4-2-16(9-28)3-5-17)24(32,13-31-15-29-14-30-31)19-7-6-18(25)8-20(19)26/h2-8,14-15,32H,10-13H2,1H3/t21?,22?,23?,24-/m0/s1. The van der Waals surface area contributed by atoms with Crippen LogP contribution in [0.3, 0.4) is 0 Å². The van der Waals surface area contributed by atoms with E-state index in [1.165, 1.54) is 24.3 Å². The molecule has 3 aromatic rings. The molecular formula is C24H21F3N4O. The first kappa shape index (κ1) is 20.7. The lowest BCUT2D eigenvalue weighted by molar-refractivity contribution is -0.289. The summed E-state index contributed by atoms with van der Waals surface area (Å²) in [6, 6.07) is 12.1. The van der Waals surface area contributed by atoms with E-state index in [0.717, 1.165) is 17.7 Å². The number of benzene rings is 2. The summed E-state index contributed by atoms with van der Waals surface area (Å²) in [6.45, 7) is 0.933. The van der Waals surface area contributed by atoms with Crippen molar-refractivity contribution in [2.24, 2.45) is 5.41 Å². The van der Waals surface area contributed by atoms with E-state index >= 15 is 4.39 Å². The molecule has 3 aliphatic rings. The Morgan fingerprint density at radius 2 is 1.84 bits per heavy atom. The van der Waals surface area contributed by atoms with Gasteiger partial charge in [0.2, 0.25) is 0 Å². The molecule has 1 aromatic heterocycles. The summed E-state index contributed by atoms with van der Waals surface area (Å²) in [5.41, 5.74) is -4.33. The zero-order valence-corrected chi connectivity index (χ0v) is 17.4. The van der Waals surface area contributed by atoms with E-state index in [-0.39, 0.29) is 17.5 Å². The van der Waals surface area contributed by atoms with E-state index < -0.39 is 28.3 Å². The van der Waals surface area contributed by atoms with Gasteiger partial charge in [0.05, 0.1) is 18.2 Å². The van der Waals surface area contributed by atoms with Crippen molar-refractivity contribution in [1.29, 1.82) is 5.26 Å². The minimum Gasteiger partial charge on any atom is -0.380 e. The lowest BCUT2D eigenvalue weighted by Crippen LogP contribution is -2.76. The largest absolute Gasteiger partial charge is 0.380 e. The Morgan fingerprint density at radius 3 is 2.41 bits per heavy atom. The van der Waals surface area contributed by atoms with Gasteiger partial charge >= 0.3 is 0 Å². The third-order valence-electron chi connectivity index (χ3n) is 7.66. The van der Waals surface area contributed by atoms with Gasteiger partial charge in [0, 0.05) is 17.0 Å². The number of aromatic nitrogens is 3. The van der Waals surface area contributed by atoms with Crippen molar-refractivity contribution in [1.82, 2.24) is 14.8 Å². The molecule has 0 spiro atoms. The first-order valence-electron chi connectivity index (χ1n) is 10.3. The van der Waals surface area contributed by atoms with Gasteiger partial charge in [-0.05, 0) is 55.4 Å². The predicted octanol–water partition coefficient (Wildman–Crippen LogP) is 4.17. The van der Waals surface area contributed by atoms with E-state index in [4.69, 9.17) is 5.26 Å². The summed E-state index contributed by atoms with van der Waals surface area (Å²) < 4.78 is 46.4. The van der Waals surface area contributed by atoms with Crippen LogP contribution in [0.5, 0.6) is 0 Å². The fourth-order valence-electron chi connectivity index (χ4n) is 5.79. The maximum atomic E-state index is 16.8. The molecule has 32 heavy (non-hydrogen) atoms. The molecular weight excluding hydrogens is 417 g/mol. The normalized spacial score (nSPS) is 27.4. The minimum atomic E-state index is -2.30. The van der Waals surface area contributed by atoms with Crippen molar-refractivity contribution >= 4 is 0 Å². The van der Waals surface area contributed by atoms with Crippen molar-refractivity contribution in [3.05, 3.63) is 83.4 Å². The van der Waals surface area contributed by atoms with E-state index in [0.29, 0.717) is 30.9 Å². The Hall–Kier alpha value is -3.18. The lowest BCUT2D eigenvalue weighted by atomic mass is 9.28. The van der Waals surface area contributed by atoms with Gasteiger partial charge in [-0.3, -0.25) is 0 Å². The quantitative estimate of drug-likeness (QED) is 0.627.